The molecule has 1 aliphatic carbocycles. The Hall–Kier alpha value is -2.39. The number of fused-ring (bicyclic) bond motifs is 1. The van der Waals surface area contributed by atoms with E-state index in [4.69, 9.17) is 11.6 Å². The van der Waals surface area contributed by atoms with Gasteiger partial charge in [0.05, 0.1) is 0 Å². The average molecular weight is 494 g/mol. The highest BCUT2D eigenvalue weighted by molar-refractivity contribution is 6.30. The molecule has 2 aromatic rings. The second kappa shape index (κ2) is 11.6. The van der Waals surface area contributed by atoms with Crippen molar-refractivity contribution in [3.05, 3.63) is 88.0 Å². The molecule has 0 amide bonds. The Bertz CT molecular complexity index is 1080. The van der Waals surface area contributed by atoms with Crippen LogP contribution in [0.2, 0.25) is 5.02 Å². The van der Waals surface area contributed by atoms with Gasteiger partial charge in [0.1, 0.15) is 0 Å². The Morgan fingerprint density at radius 1 is 1.26 bits per heavy atom. The summed E-state index contributed by atoms with van der Waals surface area (Å²) in [6.07, 6.45) is 10.9. The predicted molar refractivity (Wildman–Crippen MR) is 153 cm³/mol. The molecule has 4 heteroatoms. The summed E-state index contributed by atoms with van der Waals surface area (Å²) in [6.45, 7) is 19.1. The number of aromatic nitrogens is 1. The zero-order chi connectivity index (χ0) is 25.8. The predicted octanol–water partition coefficient (Wildman–Crippen LogP) is 7.67. The van der Waals surface area contributed by atoms with Gasteiger partial charge < -0.3 is 15.2 Å². The van der Waals surface area contributed by atoms with Crippen LogP contribution in [0.3, 0.4) is 0 Å². The smallest absolute Gasteiger partial charge is 0.0475 e. The maximum atomic E-state index is 6.05. The molecule has 1 aromatic heterocycles. The second-order valence-corrected chi connectivity index (χ2v) is 11.4. The fraction of sp³-hybridized carbons (Fsp3) is 0.484. The summed E-state index contributed by atoms with van der Waals surface area (Å²) >= 11 is 6.05. The Balaban J connectivity index is 0.000000287. The summed E-state index contributed by atoms with van der Waals surface area (Å²) in [4.78, 5) is 0. The number of hydrogen-bond acceptors (Lipinski definition) is 2. The molecule has 0 saturated heterocycles. The van der Waals surface area contributed by atoms with E-state index in [0.29, 0.717) is 17.4 Å². The molecule has 35 heavy (non-hydrogen) atoms. The molecule has 2 heterocycles. The molecule has 0 radical (unpaired) electrons. The maximum absolute atomic E-state index is 6.05. The van der Waals surface area contributed by atoms with Crippen molar-refractivity contribution in [2.45, 2.75) is 79.8 Å². The third-order valence-electron chi connectivity index (χ3n) is 7.39. The molecule has 4 rings (SSSR count). The van der Waals surface area contributed by atoms with Crippen molar-refractivity contribution in [3.63, 3.8) is 0 Å². The monoisotopic (exact) mass is 493 g/mol. The standard InChI is InChI=1S/C23H30ClN.C8H14N2/c1-15(2)16(3)22-17(4)25(14-18-7-9-19(24)10-8-18)21-11-12-23(5,6)13-20(21)22;1-3-7-6-8(9-2)4-5-10-7/h7-10,15H,3,11-14H2,1-2,4-6H3;4-7,9-10H,3H2,1-2H3. The molecule has 3 nitrogen and oxygen atoms in total. The Morgan fingerprint density at radius 3 is 2.54 bits per heavy atom. The number of nitrogens with one attached hydrogen (secondary N) is 2. The molecular weight excluding hydrogens is 450 g/mol. The molecule has 1 aromatic carbocycles. The molecule has 1 unspecified atom stereocenters. The Morgan fingerprint density at radius 2 is 1.94 bits per heavy atom. The number of rotatable bonds is 6. The molecule has 0 fully saturated rings. The van der Waals surface area contributed by atoms with Crippen molar-refractivity contribution in [2.24, 2.45) is 11.3 Å². The van der Waals surface area contributed by atoms with E-state index in [2.05, 4.69) is 81.5 Å². The van der Waals surface area contributed by atoms with Gasteiger partial charge in [0.15, 0.2) is 0 Å². The zero-order valence-corrected chi connectivity index (χ0v) is 23.5. The summed E-state index contributed by atoms with van der Waals surface area (Å²) in [5.41, 5.74) is 10.0. The van der Waals surface area contributed by atoms with Gasteiger partial charge in [-0.3, -0.25) is 0 Å². The van der Waals surface area contributed by atoms with Crippen molar-refractivity contribution in [1.82, 2.24) is 15.2 Å². The number of benzene rings is 1. The van der Waals surface area contributed by atoms with Crippen LogP contribution in [-0.4, -0.2) is 17.7 Å². The van der Waals surface area contributed by atoms with Gasteiger partial charge in [0.2, 0.25) is 0 Å². The van der Waals surface area contributed by atoms with Crippen LogP contribution < -0.4 is 10.6 Å². The molecule has 1 atom stereocenters. The van der Waals surface area contributed by atoms with E-state index in [1.165, 1.54) is 40.2 Å². The van der Waals surface area contributed by atoms with Crippen LogP contribution in [0, 0.1) is 18.3 Å². The third-order valence-corrected chi connectivity index (χ3v) is 7.64. The molecular formula is C31H44ClN3. The van der Waals surface area contributed by atoms with Crippen LogP contribution in [-0.2, 0) is 19.4 Å². The van der Waals surface area contributed by atoms with Crippen LogP contribution in [0.15, 0.2) is 54.9 Å². The Labute approximate surface area is 218 Å². The van der Waals surface area contributed by atoms with Gasteiger partial charge in [-0.1, -0.05) is 64.9 Å². The number of likely N-dealkylation sites (N-methyl/N-ethyl adjacent to an activating group) is 1. The summed E-state index contributed by atoms with van der Waals surface area (Å²) in [5, 5.41) is 7.14. The van der Waals surface area contributed by atoms with Gasteiger partial charge >= 0.3 is 0 Å². The highest BCUT2D eigenvalue weighted by Crippen LogP contribution is 2.42. The number of halogens is 1. The molecule has 0 saturated carbocycles. The normalized spacial score (nSPS) is 18.2. The molecule has 0 spiro atoms. The number of dihydropyridines is 1. The lowest BCUT2D eigenvalue weighted by Crippen LogP contribution is -2.26. The van der Waals surface area contributed by atoms with Gasteiger partial charge in [-0.25, -0.2) is 0 Å². The maximum Gasteiger partial charge on any atom is 0.0475 e. The van der Waals surface area contributed by atoms with E-state index >= 15 is 0 Å². The van der Waals surface area contributed by atoms with E-state index in [0.717, 1.165) is 30.8 Å². The van der Waals surface area contributed by atoms with Gasteiger partial charge in [0.25, 0.3) is 0 Å². The SMILES string of the molecule is C=C(c1c2c(n(Cc3ccc(Cl)cc3)c1C)CCC(C)(C)C2)C(C)C.CCC1C=C(NC)C=CN1. The highest BCUT2D eigenvalue weighted by Gasteiger charge is 2.32. The zero-order valence-electron chi connectivity index (χ0n) is 22.8. The van der Waals surface area contributed by atoms with Crippen molar-refractivity contribution in [2.75, 3.05) is 7.05 Å². The first-order valence-corrected chi connectivity index (χ1v) is 13.4. The van der Waals surface area contributed by atoms with E-state index < -0.39 is 0 Å². The largest absolute Gasteiger partial charge is 0.388 e. The van der Waals surface area contributed by atoms with E-state index in [-0.39, 0.29) is 0 Å². The molecule has 2 N–H and O–H groups in total. The number of allylic oxidation sites excluding steroid dienone is 2. The van der Waals surface area contributed by atoms with Crippen molar-refractivity contribution in [1.29, 1.82) is 0 Å². The lowest BCUT2D eigenvalue weighted by atomic mass is 9.74. The number of hydrogen-bond donors (Lipinski definition) is 2. The summed E-state index contributed by atoms with van der Waals surface area (Å²) in [5.74, 6) is 0.472. The van der Waals surface area contributed by atoms with Crippen LogP contribution in [0.5, 0.6) is 0 Å². The average Bonchev–Trinajstić information content (AvgIpc) is 3.09. The van der Waals surface area contributed by atoms with Crippen LogP contribution in [0.1, 0.15) is 75.5 Å². The molecule has 0 bridgehead atoms. The van der Waals surface area contributed by atoms with Crippen LogP contribution >= 0.6 is 11.6 Å². The highest BCUT2D eigenvalue weighted by atomic mass is 35.5. The summed E-state index contributed by atoms with van der Waals surface area (Å²) in [6, 6.07) is 8.75. The minimum absolute atomic E-state index is 0.373. The fourth-order valence-corrected chi connectivity index (χ4v) is 5.17. The van der Waals surface area contributed by atoms with Crippen molar-refractivity contribution in [3.8, 4) is 0 Å². The van der Waals surface area contributed by atoms with Gasteiger partial charge in [-0.2, -0.15) is 0 Å². The number of nitrogens with zero attached hydrogens (tertiary/aromatic N) is 1. The van der Waals surface area contributed by atoms with Gasteiger partial charge in [-0.05, 0) is 91.1 Å². The molecule has 2 aliphatic rings. The van der Waals surface area contributed by atoms with Crippen LogP contribution in [0.4, 0.5) is 0 Å². The fourth-order valence-electron chi connectivity index (χ4n) is 5.05. The minimum atomic E-state index is 0.373. The van der Waals surface area contributed by atoms with Crippen molar-refractivity contribution >= 4 is 17.2 Å². The van der Waals surface area contributed by atoms with Crippen molar-refractivity contribution < 1.29 is 0 Å². The van der Waals surface area contributed by atoms with E-state index in [1.54, 1.807) is 5.56 Å². The summed E-state index contributed by atoms with van der Waals surface area (Å²) < 4.78 is 2.52. The Kier molecular flexibility index (Phi) is 8.99. The van der Waals surface area contributed by atoms with E-state index in [9.17, 15) is 0 Å². The topological polar surface area (TPSA) is 29.0 Å². The first-order valence-electron chi connectivity index (χ1n) is 13.0. The first-order chi connectivity index (χ1) is 16.6. The quantitative estimate of drug-likeness (QED) is 0.432. The van der Waals surface area contributed by atoms with Gasteiger partial charge in [0, 0.05) is 47.3 Å². The third kappa shape index (κ3) is 6.64. The lowest BCUT2D eigenvalue weighted by molar-refractivity contribution is 0.310. The van der Waals surface area contributed by atoms with Gasteiger partial charge in [-0.15, -0.1) is 0 Å². The lowest BCUT2D eigenvalue weighted by Gasteiger charge is -2.31. The molecule has 1 aliphatic heterocycles. The second-order valence-electron chi connectivity index (χ2n) is 11.0. The van der Waals surface area contributed by atoms with Crippen LogP contribution in [0.25, 0.3) is 5.57 Å². The summed E-state index contributed by atoms with van der Waals surface area (Å²) in [7, 11) is 1.94. The first kappa shape index (κ1) is 27.2. The molecule has 190 valence electrons. The van der Waals surface area contributed by atoms with E-state index in [1.807, 2.05) is 31.5 Å². The minimum Gasteiger partial charge on any atom is -0.388 e.